The van der Waals surface area contributed by atoms with Crippen molar-refractivity contribution in [1.82, 2.24) is 4.98 Å². The number of fused-ring (bicyclic) bond motifs is 1. The summed E-state index contributed by atoms with van der Waals surface area (Å²) in [5, 5.41) is 9.63. The van der Waals surface area contributed by atoms with E-state index >= 15 is 0 Å². The van der Waals surface area contributed by atoms with Crippen LogP contribution in [0.3, 0.4) is 0 Å². The van der Waals surface area contributed by atoms with Crippen LogP contribution in [-0.2, 0) is 0 Å². The first kappa shape index (κ1) is 13.7. The molecule has 2 rings (SSSR count). The van der Waals surface area contributed by atoms with Crippen LogP contribution < -0.4 is 0 Å². The minimum atomic E-state index is -0.995. The van der Waals surface area contributed by atoms with Crippen LogP contribution in [0.15, 0.2) is 36.4 Å². The first-order valence-electron chi connectivity index (χ1n) is 3.86. The van der Waals surface area contributed by atoms with E-state index in [1.54, 1.807) is 12.1 Å². The molecule has 0 fully saturated rings. The summed E-state index contributed by atoms with van der Waals surface area (Å²) >= 11 is 0. The van der Waals surface area contributed by atoms with Crippen LogP contribution in [0.4, 0.5) is 0 Å². The number of carboxylic acid groups (broad SMARTS) is 1. The van der Waals surface area contributed by atoms with Gasteiger partial charge in [0.1, 0.15) is 5.69 Å². The van der Waals surface area contributed by atoms with Gasteiger partial charge in [0, 0.05) is 5.39 Å². The second-order valence-electron chi connectivity index (χ2n) is 2.69. The van der Waals surface area contributed by atoms with Crippen LogP contribution in [0, 0.1) is 0 Å². The average Bonchev–Trinajstić information content (AvgIpc) is 2.17. The minimum Gasteiger partial charge on any atom is -0.477 e. The molecule has 2 aromatic rings. The van der Waals surface area contributed by atoms with E-state index in [1.165, 1.54) is 6.07 Å². The molecule has 1 aromatic heterocycles. The van der Waals surface area contributed by atoms with E-state index in [1.807, 2.05) is 18.2 Å². The second-order valence-corrected chi connectivity index (χ2v) is 2.69. The molecule has 15 heavy (non-hydrogen) atoms. The number of halogens is 2. The number of hydrogen-bond acceptors (Lipinski definition) is 2. The van der Waals surface area contributed by atoms with Crippen molar-refractivity contribution in [1.29, 1.82) is 0 Å². The highest BCUT2D eigenvalue weighted by Crippen LogP contribution is 2.11. The molecule has 0 bridgehead atoms. The van der Waals surface area contributed by atoms with Crippen LogP contribution >= 0.6 is 24.8 Å². The van der Waals surface area contributed by atoms with Crippen molar-refractivity contribution in [2.45, 2.75) is 0 Å². The molecule has 0 atom stereocenters. The summed E-state index contributed by atoms with van der Waals surface area (Å²) in [4.78, 5) is 14.6. The van der Waals surface area contributed by atoms with Crippen LogP contribution in [0.1, 0.15) is 10.5 Å². The lowest BCUT2D eigenvalue weighted by Crippen LogP contribution is -1.99. The van der Waals surface area contributed by atoms with Gasteiger partial charge in [0.15, 0.2) is 0 Å². The van der Waals surface area contributed by atoms with Crippen LogP contribution in [0.2, 0.25) is 0 Å². The Kier molecular flexibility index (Phi) is 5.05. The third kappa shape index (κ3) is 2.81. The summed E-state index contributed by atoms with van der Waals surface area (Å²) in [7, 11) is 0. The maximum Gasteiger partial charge on any atom is 0.354 e. The van der Waals surface area contributed by atoms with Crippen molar-refractivity contribution >= 4 is 41.7 Å². The first-order valence-corrected chi connectivity index (χ1v) is 3.86. The minimum absolute atomic E-state index is 0. The van der Waals surface area contributed by atoms with Gasteiger partial charge >= 0.3 is 5.97 Å². The largest absolute Gasteiger partial charge is 0.477 e. The molecular weight excluding hydrogens is 237 g/mol. The van der Waals surface area contributed by atoms with Gasteiger partial charge in [-0.3, -0.25) is 0 Å². The smallest absolute Gasteiger partial charge is 0.354 e. The van der Waals surface area contributed by atoms with Crippen molar-refractivity contribution in [3.63, 3.8) is 0 Å². The summed E-state index contributed by atoms with van der Waals surface area (Å²) in [6.07, 6.45) is 0. The zero-order valence-corrected chi connectivity index (χ0v) is 9.22. The van der Waals surface area contributed by atoms with Crippen molar-refractivity contribution in [2.24, 2.45) is 0 Å². The van der Waals surface area contributed by atoms with Gasteiger partial charge in [-0.2, -0.15) is 0 Å². The number of pyridine rings is 1. The lowest BCUT2D eigenvalue weighted by molar-refractivity contribution is 0.0691. The molecule has 80 valence electrons. The highest BCUT2D eigenvalue weighted by Gasteiger charge is 2.03. The molecule has 1 aromatic carbocycles. The molecular formula is C10H9Cl2NO2. The van der Waals surface area contributed by atoms with E-state index in [2.05, 4.69) is 4.98 Å². The number of aromatic carboxylic acids is 1. The van der Waals surface area contributed by atoms with Crippen LogP contribution in [0.25, 0.3) is 10.9 Å². The Balaban J connectivity index is 0.000000980. The van der Waals surface area contributed by atoms with E-state index in [0.717, 1.165) is 5.39 Å². The molecule has 0 aliphatic rings. The zero-order chi connectivity index (χ0) is 9.26. The molecule has 3 nitrogen and oxygen atoms in total. The molecule has 0 amide bonds. The Labute approximate surface area is 99.0 Å². The summed E-state index contributed by atoms with van der Waals surface area (Å²) in [5.74, 6) is -0.995. The standard InChI is InChI=1S/C10H7NO2.2ClH/c12-10(13)9-6-5-7-3-1-2-4-8(7)11-9;;/h1-6H,(H,12,13);2*1H. The van der Waals surface area contributed by atoms with Crippen molar-refractivity contribution in [3.05, 3.63) is 42.1 Å². The second kappa shape index (κ2) is 5.53. The predicted molar refractivity (Wildman–Crippen MR) is 63.2 cm³/mol. The van der Waals surface area contributed by atoms with Gasteiger partial charge in [0.05, 0.1) is 5.52 Å². The van der Waals surface area contributed by atoms with Crippen LogP contribution in [0.5, 0.6) is 0 Å². The van der Waals surface area contributed by atoms with Crippen molar-refractivity contribution in [3.8, 4) is 0 Å². The number of benzene rings is 1. The molecule has 0 saturated carbocycles. The maximum absolute atomic E-state index is 10.6. The zero-order valence-electron chi connectivity index (χ0n) is 7.58. The Morgan fingerprint density at radius 3 is 2.40 bits per heavy atom. The number of aromatic nitrogens is 1. The monoisotopic (exact) mass is 245 g/mol. The number of rotatable bonds is 1. The van der Waals surface area contributed by atoms with E-state index in [4.69, 9.17) is 5.11 Å². The summed E-state index contributed by atoms with van der Waals surface area (Å²) in [6.45, 7) is 0. The van der Waals surface area contributed by atoms with E-state index in [-0.39, 0.29) is 30.5 Å². The van der Waals surface area contributed by atoms with Gasteiger partial charge < -0.3 is 5.11 Å². The SMILES string of the molecule is Cl.Cl.O=C(O)c1ccc2ccccc2n1. The van der Waals surface area contributed by atoms with Crippen molar-refractivity contribution in [2.75, 3.05) is 0 Å². The number of carbonyl (C=O) groups is 1. The third-order valence-corrected chi connectivity index (χ3v) is 1.82. The third-order valence-electron chi connectivity index (χ3n) is 1.82. The molecule has 0 saturated heterocycles. The Bertz CT molecular complexity index is 474. The Hall–Kier alpha value is -1.32. The normalized spacial score (nSPS) is 8.80. The molecule has 0 spiro atoms. The fraction of sp³-hybridized carbons (Fsp3) is 0. The summed E-state index contributed by atoms with van der Waals surface area (Å²) in [6, 6.07) is 10.7. The van der Waals surface area contributed by atoms with Gasteiger partial charge in [0.25, 0.3) is 0 Å². The Morgan fingerprint density at radius 1 is 1.07 bits per heavy atom. The van der Waals surface area contributed by atoms with E-state index in [9.17, 15) is 4.79 Å². The quantitative estimate of drug-likeness (QED) is 0.841. The molecule has 1 heterocycles. The number of carboxylic acids is 1. The predicted octanol–water partition coefficient (Wildman–Crippen LogP) is 2.78. The topological polar surface area (TPSA) is 50.2 Å². The fourth-order valence-electron chi connectivity index (χ4n) is 1.19. The summed E-state index contributed by atoms with van der Waals surface area (Å²) in [5.41, 5.74) is 0.793. The molecule has 0 unspecified atom stereocenters. The van der Waals surface area contributed by atoms with Gasteiger partial charge in [0.2, 0.25) is 0 Å². The van der Waals surface area contributed by atoms with Gasteiger partial charge in [-0.05, 0) is 12.1 Å². The molecule has 1 N–H and O–H groups in total. The fourth-order valence-corrected chi connectivity index (χ4v) is 1.19. The molecule has 0 radical (unpaired) electrons. The summed E-state index contributed by atoms with van der Waals surface area (Å²) < 4.78 is 0. The molecule has 0 aliphatic carbocycles. The maximum atomic E-state index is 10.6. The molecule has 0 aliphatic heterocycles. The van der Waals surface area contributed by atoms with Gasteiger partial charge in [-0.1, -0.05) is 24.3 Å². The highest BCUT2D eigenvalue weighted by molar-refractivity contribution is 5.89. The lowest BCUT2D eigenvalue weighted by atomic mass is 10.2. The number of para-hydroxylation sites is 1. The Morgan fingerprint density at radius 2 is 1.73 bits per heavy atom. The molecule has 5 heteroatoms. The van der Waals surface area contributed by atoms with Gasteiger partial charge in [-0.25, -0.2) is 9.78 Å². The van der Waals surface area contributed by atoms with E-state index < -0.39 is 5.97 Å². The number of nitrogens with zero attached hydrogens (tertiary/aromatic N) is 1. The highest BCUT2D eigenvalue weighted by atomic mass is 35.5. The average molecular weight is 246 g/mol. The number of hydrogen-bond donors (Lipinski definition) is 1. The van der Waals surface area contributed by atoms with Crippen LogP contribution in [-0.4, -0.2) is 16.1 Å². The first-order chi connectivity index (χ1) is 6.27. The van der Waals surface area contributed by atoms with E-state index in [0.29, 0.717) is 5.52 Å². The van der Waals surface area contributed by atoms with Gasteiger partial charge in [-0.15, -0.1) is 24.8 Å². The van der Waals surface area contributed by atoms with Crippen molar-refractivity contribution < 1.29 is 9.90 Å². The lowest BCUT2D eigenvalue weighted by Gasteiger charge is -1.97.